The molecule has 1 aliphatic carbocycles. The van der Waals surface area contributed by atoms with E-state index in [0.29, 0.717) is 0 Å². The molecule has 0 amide bonds. The second kappa shape index (κ2) is 8.23. The van der Waals surface area contributed by atoms with Crippen LogP contribution in [-0.4, -0.2) is 26.3 Å². The third-order valence-electron chi connectivity index (χ3n) is 6.74. The summed E-state index contributed by atoms with van der Waals surface area (Å²) in [6.45, 7) is 8.50. The molecule has 1 aliphatic heterocycles. The van der Waals surface area contributed by atoms with E-state index in [1.165, 1.54) is 10.5 Å². The quantitative estimate of drug-likeness (QED) is 0.430. The van der Waals surface area contributed by atoms with Gasteiger partial charge in [-0.05, 0) is 50.8 Å². The highest BCUT2D eigenvalue weighted by Crippen LogP contribution is 2.47. The molecule has 0 saturated carbocycles. The van der Waals surface area contributed by atoms with Crippen LogP contribution in [0.15, 0.2) is 76.2 Å². The molecule has 0 saturated heterocycles. The number of aryl methyl sites for hydroxylation is 3. The van der Waals surface area contributed by atoms with Crippen LogP contribution in [0.5, 0.6) is 0 Å². The van der Waals surface area contributed by atoms with Gasteiger partial charge < -0.3 is 4.57 Å². The zero-order chi connectivity index (χ0) is 23.3. The number of thiazole rings is 1. The summed E-state index contributed by atoms with van der Waals surface area (Å²) < 4.78 is 2.11. The molecule has 3 aromatic rings. The first-order valence-electron chi connectivity index (χ1n) is 11.1. The van der Waals surface area contributed by atoms with Crippen molar-refractivity contribution in [3.63, 3.8) is 0 Å². The molecule has 2 aliphatic rings. The Kier molecular flexibility index (Phi) is 5.50. The Hall–Kier alpha value is -2.76. The minimum absolute atomic E-state index is 0.0498. The van der Waals surface area contributed by atoms with Crippen molar-refractivity contribution in [2.45, 2.75) is 45.6 Å². The lowest BCUT2D eigenvalue weighted by molar-refractivity contribution is 0.617. The summed E-state index contributed by atoms with van der Waals surface area (Å²) in [6.07, 6.45) is 9.24. The molecule has 0 spiro atoms. The lowest BCUT2D eigenvalue weighted by Gasteiger charge is -2.35. The maximum absolute atomic E-state index is 7.11. The number of hydrogen-bond donors (Lipinski definition) is 0. The SMILES string of the molecule is CC1=NC2CC=C(C(C)(c3sc(C)nc3C)c3cncn3C)C=C2C(Cl)=C1c1ccccc1. The molecule has 4 nitrogen and oxygen atoms in total. The highest BCUT2D eigenvalue weighted by molar-refractivity contribution is 7.11. The van der Waals surface area contributed by atoms with E-state index in [1.54, 1.807) is 11.3 Å². The van der Waals surface area contributed by atoms with E-state index in [0.717, 1.165) is 50.3 Å². The maximum atomic E-state index is 7.11. The molecule has 33 heavy (non-hydrogen) atoms. The van der Waals surface area contributed by atoms with E-state index < -0.39 is 0 Å². The Bertz CT molecular complexity index is 1360. The van der Waals surface area contributed by atoms with Crippen molar-refractivity contribution in [1.29, 1.82) is 0 Å². The standard InChI is InChI=1S/C27H27ClN4S/c1-16-24(19-9-7-6-8-10-19)25(28)21-13-20(11-12-22(21)31-16)27(4,23-14-29-15-32(23)5)26-17(2)30-18(3)33-26/h6-11,13-15,22H,12H2,1-5H3. The fourth-order valence-electron chi connectivity index (χ4n) is 5.14. The van der Waals surface area contributed by atoms with Crippen LogP contribution in [0.2, 0.25) is 0 Å². The molecule has 2 atom stereocenters. The largest absolute Gasteiger partial charge is 0.337 e. The molecule has 0 bridgehead atoms. The number of dihydropyridines is 1. The number of rotatable bonds is 4. The van der Waals surface area contributed by atoms with Crippen molar-refractivity contribution in [2.75, 3.05) is 0 Å². The molecule has 168 valence electrons. The third kappa shape index (κ3) is 3.54. The summed E-state index contributed by atoms with van der Waals surface area (Å²) in [5.41, 5.74) is 7.22. The molecule has 0 N–H and O–H groups in total. The Morgan fingerprint density at radius 2 is 1.91 bits per heavy atom. The van der Waals surface area contributed by atoms with Crippen LogP contribution in [0.1, 0.15) is 47.1 Å². The summed E-state index contributed by atoms with van der Waals surface area (Å²) in [4.78, 5) is 15.5. The van der Waals surface area contributed by atoms with Crippen LogP contribution in [0.25, 0.3) is 5.57 Å². The number of imidazole rings is 1. The van der Waals surface area contributed by atoms with Gasteiger partial charge in [0.1, 0.15) is 0 Å². The highest BCUT2D eigenvalue weighted by atomic mass is 35.5. The lowest BCUT2D eigenvalue weighted by Crippen LogP contribution is -2.31. The van der Waals surface area contributed by atoms with Gasteiger partial charge in [0.05, 0.1) is 39.2 Å². The van der Waals surface area contributed by atoms with Gasteiger partial charge in [-0.15, -0.1) is 11.3 Å². The van der Waals surface area contributed by atoms with E-state index >= 15 is 0 Å². The number of fused-ring (bicyclic) bond motifs is 1. The first-order valence-corrected chi connectivity index (χ1v) is 12.3. The Labute approximate surface area is 204 Å². The lowest BCUT2D eigenvalue weighted by atomic mass is 9.73. The smallest absolute Gasteiger partial charge is 0.0945 e. The van der Waals surface area contributed by atoms with Gasteiger partial charge in [-0.25, -0.2) is 9.97 Å². The van der Waals surface area contributed by atoms with Crippen LogP contribution in [0.3, 0.4) is 0 Å². The van der Waals surface area contributed by atoms with Crippen molar-refractivity contribution in [3.05, 3.63) is 98.0 Å². The number of nitrogens with zero attached hydrogens (tertiary/aromatic N) is 4. The second-order valence-corrected chi connectivity index (χ2v) is 10.5. The molecular weight excluding hydrogens is 448 g/mol. The van der Waals surface area contributed by atoms with Gasteiger partial charge in [-0.3, -0.25) is 4.99 Å². The zero-order valence-electron chi connectivity index (χ0n) is 19.6. The van der Waals surface area contributed by atoms with Crippen molar-refractivity contribution >= 4 is 34.2 Å². The van der Waals surface area contributed by atoms with Gasteiger partial charge >= 0.3 is 0 Å². The number of halogens is 1. The van der Waals surface area contributed by atoms with E-state index in [2.05, 4.69) is 68.6 Å². The summed E-state index contributed by atoms with van der Waals surface area (Å²) in [5, 5.41) is 1.87. The highest BCUT2D eigenvalue weighted by Gasteiger charge is 2.40. The van der Waals surface area contributed by atoms with Crippen LogP contribution in [0.4, 0.5) is 0 Å². The predicted octanol–water partition coefficient (Wildman–Crippen LogP) is 6.55. The van der Waals surface area contributed by atoms with Crippen molar-refractivity contribution in [2.24, 2.45) is 12.0 Å². The van der Waals surface area contributed by atoms with Gasteiger partial charge in [-0.2, -0.15) is 0 Å². The summed E-state index contributed by atoms with van der Waals surface area (Å²) in [6, 6.07) is 10.4. The molecule has 6 heteroatoms. The van der Waals surface area contributed by atoms with E-state index in [1.807, 2.05) is 30.7 Å². The molecule has 0 fully saturated rings. The molecule has 5 rings (SSSR count). The Morgan fingerprint density at radius 1 is 1.15 bits per heavy atom. The monoisotopic (exact) mass is 474 g/mol. The predicted molar refractivity (Wildman–Crippen MR) is 138 cm³/mol. The van der Waals surface area contributed by atoms with E-state index in [-0.39, 0.29) is 11.5 Å². The van der Waals surface area contributed by atoms with Crippen molar-refractivity contribution in [1.82, 2.24) is 14.5 Å². The molecule has 3 heterocycles. The first kappa shape index (κ1) is 22.1. The third-order valence-corrected chi connectivity index (χ3v) is 8.44. The topological polar surface area (TPSA) is 43.1 Å². The zero-order valence-corrected chi connectivity index (χ0v) is 21.1. The van der Waals surface area contributed by atoms with Gasteiger partial charge in [0.25, 0.3) is 0 Å². The van der Waals surface area contributed by atoms with Crippen LogP contribution >= 0.6 is 22.9 Å². The van der Waals surface area contributed by atoms with Crippen molar-refractivity contribution in [3.8, 4) is 0 Å². The summed E-state index contributed by atoms with van der Waals surface area (Å²) in [5.74, 6) is 0. The van der Waals surface area contributed by atoms with Gasteiger partial charge in [0, 0.05) is 29.4 Å². The fraction of sp³-hybridized carbons (Fsp3) is 0.296. The van der Waals surface area contributed by atoms with E-state index in [9.17, 15) is 0 Å². The van der Waals surface area contributed by atoms with Crippen LogP contribution in [0, 0.1) is 13.8 Å². The summed E-state index contributed by atoms with van der Waals surface area (Å²) >= 11 is 8.87. The number of allylic oxidation sites excluding steroid dienone is 3. The van der Waals surface area contributed by atoms with Gasteiger partial charge in [-0.1, -0.05) is 54.1 Å². The summed E-state index contributed by atoms with van der Waals surface area (Å²) in [7, 11) is 2.05. The molecule has 2 aromatic heterocycles. The van der Waals surface area contributed by atoms with Gasteiger partial charge in [0.2, 0.25) is 0 Å². The van der Waals surface area contributed by atoms with E-state index in [4.69, 9.17) is 21.6 Å². The Morgan fingerprint density at radius 3 is 2.55 bits per heavy atom. The minimum Gasteiger partial charge on any atom is -0.337 e. The first-order chi connectivity index (χ1) is 15.8. The number of benzene rings is 1. The fourth-order valence-corrected chi connectivity index (χ4v) is 6.66. The normalized spacial score (nSPS) is 20.1. The van der Waals surface area contributed by atoms with Crippen LogP contribution < -0.4 is 0 Å². The molecular formula is C27H27ClN4S. The minimum atomic E-state index is -0.389. The maximum Gasteiger partial charge on any atom is 0.0945 e. The van der Waals surface area contributed by atoms with Crippen LogP contribution in [-0.2, 0) is 12.5 Å². The average Bonchev–Trinajstić information content (AvgIpc) is 3.38. The number of aromatic nitrogens is 3. The Balaban J connectivity index is 1.69. The molecule has 2 unspecified atom stereocenters. The average molecular weight is 475 g/mol. The number of aliphatic imine (C=N–C) groups is 1. The second-order valence-electron chi connectivity index (χ2n) is 8.94. The number of hydrogen-bond acceptors (Lipinski definition) is 4. The molecule has 0 radical (unpaired) electrons. The van der Waals surface area contributed by atoms with Gasteiger partial charge in [0.15, 0.2) is 0 Å². The van der Waals surface area contributed by atoms with Crippen molar-refractivity contribution < 1.29 is 0 Å². The molecule has 1 aromatic carbocycles.